The average molecular weight is 281 g/mol. The van der Waals surface area contributed by atoms with Gasteiger partial charge >= 0.3 is 0 Å². The molecule has 1 N–H and O–H groups in total. The van der Waals surface area contributed by atoms with E-state index in [9.17, 15) is 4.79 Å². The summed E-state index contributed by atoms with van der Waals surface area (Å²) in [7, 11) is 1.70. The lowest BCUT2D eigenvalue weighted by atomic mass is 10.1. The number of rotatable bonds is 3. The van der Waals surface area contributed by atoms with Crippen LogP contribution in [0.15, 0.2) is 42.9 Å². The van der Waals surface area contributed by atoms with Gasteiger partial charge in [-0.25, -0.2) is 4.98 Å². The van der Waals surface area contributed by atoms with Gasteiger partial charge in [-0.1, -0.05) is 30.0 Å². The Morgan fingerprint density at radius 3 is 2.86 bits per heavy atom. The predicted octanol–water partition coefficient (Wildman–Crippen LogP) is 1.09. The summed E-state index contributed by atoms with van der Waals surface area (Å²) in [6.07, 6.45) is 4.45. The molecule has 0 bridgehead atoms. The summed E-state index contributed by atoms with van der Waals surface area (Å²) in [4.78, 5) is 21.7. The fourth-order valence-electron chi connectivity index (χ4n) is 1.85. The molecule has 0 saturated carbocycles. The SMILES string of the molecule is CN(Cc1ccccc1C#CCO)C(=O)c1cnccn1. The molecule has 21 heavy (non-hydrogen) atoms. The molecule has 5 heteroatoms. The Morgan fingerprint density at radius 2 is 2.14 bits per heavy atom. The van der Waals surface area contributed by atoms with Crippen molar-refractivity contribution >= 4 is 5.91 Å². The van der Waals surface area contributed by atoms with Crippen LogP contribution in [0.25, 0.3) is 0 Å². The number of amides is 1. The van der Waals surface area contributed by atoms with E-state index in [1.165, 1.54) is 18.6 Å². The van der Waals surface area contributed by atoms with Gasteiger partial charge in [0.25, 0.3) is 5.91 Å². The molecule has 2 aromatic rings. The first kappa shape index (κ1) is 14.7. The van der Waals surface area contributed by atoms with Crippen LogP contribution >= 0.6 is 0 Å². The van der Waals surface area contributed by atoms with E-state index < -0.39 is 0 Å². The molecule has 0 aliphatic rings. The summed E-state index contributed by atoms with van der Waals surface area (Å²) in [5.74, 6) is 5.30. The van der Waals surface area contributed by atoms with Gasteiger partial charge in [0.1, 0.15) is 12.3 Å². The molecule has 1 amide bonds. The molecule has 0 aliphatic heterocycles. The zero-order valence-corrected chi connectivity index (χ0v) is 11.7. The molecular formula is C16H15N3O2. The molecule has 5 nitrogen and oxygen atoms in total. The smallest absolute Gasteiger partial charge is 0.274 e. The predicted molar refractivity (Wildman–Crippen MR) is 78.2 cm³/mol. The third kappa shape index (κ3) is 3.88. The molecule has 0 unspecified atom stereocenters. The van der Waals surface area contributed by atoms with E-state index in [0.717, 1.165) is 11.1 Å². The van der Waals surface area contributed by atoms with E-state index in [-0.39, 0.29) is 12.5 Å². The van der Waals surface area contributed by atoms with Crippen molar-refractivity contribution in [3.05, 3.63) is 59.7 Å². The first-order valence-corrected chi connectivity index (χ1v) is 6.41. The molecule has 106 valence electrons. The third-order valence-electron chi connectivity index (χ3n) is 2.86. The lowest BCUT2D eigenvalue weighted by Gasteiger charge is -2.17. The molecule has 1 aromatic heterocycles. The van der Waals surface area contributed by atoms with Crippen LogP contribution in [0.2, 0.25) is 0 Å². The molecule has 1 aromatic carbocycles. The van der Waals surface area contributed by atoms with Crippen molar-refractivity contribution in [1.29, 1.82) is 0 Å². The zero-order valence-electron chi connectivity index (χ0n) is 11.7. The van der Waals surface area contributed by atoms with Crippen molar-refractivity contribution in [1.82, 2.24) is 14.9 Å². The van der Waals surface area contributed by atoms with Crippen LogP contribution in [0.5, 0.6) is 0 Å². The van der Waals surface area contributed by atoms with E-state index in [1.54, 1.807) is 11.9 Å². The first-order chi connectivity index (χ1) is 10.2. The Labute approximate surface area is 123 Å². The van der Waals surface area contributed by atoms with Crippen LogP contribution in [-0.4, -0.2) is 39.5 Å². The normalized spacial score (nSPS) is 9.62. The fourth-order valence-corrected chi connectivity index (χ4v) is 1.85. The maximum atomic E-state index is 12.2. The van der Waals surface area contributed by atoms with E-state index in [1.807, 2.05) is 24.3 Å². The van der Waals surface area contributed by atoms with E-state index in [4.69, 9.17) is 5.11 Å². The van der Waals surface area contributed by atoms with E-state index in [2.05, 4.69) is 21.8 Å². The van der Waals surface area contributed by atoms with Gasteiger partial charge in [0.2, 0.25) is 0 Å². The lowest BCUT2D eigenvalue weighted by Crippen LogP contribution is -2.27. The highest BCUT2D eigenvalue weighted by molar-refractivity contribution is 5.91. The maximum absolute atomic E-state index is 12.2. The van der Waals surface area contributed by atoms with Crippen molar-refractivity contribution < 1.29 is 9.90 Å². The third-order valence-corrected chi connectivity index (χ3v) is 2.86. The molecule has 1 heterocycles. The van der Waals surface area contributed by atoms with Crippen LogP contribution in [0.1, 0.15) is 21.6 Å². The maximum Gasteiger partial charge on any atom is 0.274 e. The van der Waals surface area contributed by atoms with Gasteiger partial charge in [-0.3, -0.25) is 9.78 Å². The average Bonchev–Trinajstić information content (AvgIpc) is 2.54. The molecule has 2 rings (SSSR count). The van der Waals surface area contributed by atoms with Crippen LogP contribution < -0.4 is 0 Å². The highest BCUT2D eigenvalue weighted by atomic mass is 16.2. The second-order valence-electron chi connectivity index (χ2n) is 4.37. The Bertz CT molecular complexity index is 675. The Hall–Kier alpha value is -2.71. The summed E-state index contributed by atoms with van der Waals surface area (Å²) < 4.78 is 0. The second kappa shape index (κ2) is 7.17. The van der Waals surface area contributed by atoms with Crippen molar-refractivity contribution in [2.24, 2.45) is 0 Å². The minimum Gasteiger partial charge on any atom is -0.384 e. The number of aromatic nitrogens is 2. The van der Waals surface area contributed by atoms with Crippen LogP contribution in [-0.2, 0) is 6.54 Å². The Balaban J connectivity index is 2.16. The summed E-state index contributed by atoms with van der Waals surface area (Å²) >= 11 is 0. The number of hydrogen-bond donors (Lipinski definition) is 1. The second-order valence-corrected chi connectivity index (χ2v) is 4.37. The van der Waals surface area contributed by atoms with Crippen LogP contribution in [0.3, 0.4) is 0 Å². The van der Waals surface area contributed by atoms with Crippen molar-refractivity contribution in [3.8, 4) is 11.8 Å². The van der Waals surface area contributed by atoms with Gasteiger partial charge < -0.3 is 10.0 Å². The minimum absolute atomic E-state index is 0.192. The van der Waals surface area contributed by atoms with Crippen molar-refractivity contribution in [2.45, 2.75) is 6.54 Å². The van der Waals surface area contributed by atoms with Crippen LogP contribution in [0, 0.1) is 11.8 Å². The number of aliphatic hydroxyl groups is 1. The van der Waals surface area contributed by atoms with Crippen molar-refractivity contribution in [3.63, 3.8) is 0 Å². The van der Waals surface area contributed by atoms with Gasteiger partial charge in [-0.15, -0.1) is 0 Å². The van der Waals surface area contributed by atoms with E-state index in [0.29, 0.717) is 12.2 Å². The monoisotopic (exact) mass is 281 g/mol. The lowest BCUT2D eigenvalue weighted by molar-refractivity contribution is 0.0778. The first-order valence-electron chi connectivity index (χ1n) is 6.41. The number of aliphatic hydroxyl groups excluding tert-OH is 1. The van der Waals surface area contributed by atoms with Crippen molar-refractivity contribution in [2.75, 3.05) is 13.7 Å². The Morgan fingerprint density at radius 1 is 1.33 bits per heavy atom. The zero-order chi connectivity index (χ0) is 15.1. The largest absolute Gasteiger partial charge is 0.384 e. The topological polar surface area (TPSA) is 66.3 Å². The summed E-state index contributed by atoms with van der Waals surface area (Å²) in [6, 6.07) is 7.52. The fraction of sp³-hybridized carbons (Fsp3) is 0.188. The number of nitrogens with zero attached hydrogens (tertiary/aromatic N) is 3. The molecule has 0 radical (unpaired) electrons. The number of carbonyl (C=O) groups excluding carboxylic acids is 1. The minimum atomic E-state index is -0.201. The quantitative estimate of drug-likeness (QED) is 0.855. The molecule has 0 atom stereocenters. The molecule has 0 saturated heterocycles. The molecule has 0 aliphatic carbocycles. The van der Waals surface area contributed by atoms with Gasteiger partial charge in [0, 0.05) is 31.5 Å². The molecule has 0 spiro atoms. The van der Waals surface area contributed by atoms with Gasteiger partial charge in [0.15, 0.2) is 0 Å². The summed E-state index contributed by atoms with van der Waals surface area (Å²) in [5.41, 5.74) is 2.02. The number of hydrogen-bond acceptors (Lipinski definition) is 4. The Kier molecular flexibility index (Phi) is 5.02. The van der Waals surface area contributed by atoms with Gasteiger partial charge in [-0.05, 0) is 11.6 Å². The van der Waals surface area contributed by atoms with Gasteiger partial charge in [-0.2, -0.15) is 0 Å². The summed E-state index contributed by atoms with van der Waals surface area (Å²) in [5, 5.41) is 8.78. The van der Waals surface area contributed by atoms with Crippen LogP contribution in [0.4, 0.5) is 0 Å². The number of benzene rings is 1. The molecule has 0 fully saturated rings. The van der Waals surface area contributed by atoms with Gasteiger partial charge in [0.05, 0.1) is 6.20 Å². The highest BCUT2D eigenvalue weighted by Gasteiger charge is 2.14. The standard InChI is InChI=1S/C16H15N3O2/c1-19(16(21)15-11-17-8-9-18-15)12-14-6-3-2-5-13(14)7-4-10-20/h2-3,5-6,8-9,11,20H,10,12H2,1H3. The molecular weight excluding hydrogens is 266 g/mol. The highest BCUT2D eigenvalue weighted by Crippen LogP contribution is 2.11. The van der Waals surface area contributed by atoms with E-state index >= 15 is 0 Å². The summed E-state index contributed by atoms with van der Waals surface area (Å²) in [6.45, 7) is 0.217. The number of carbonyl (C=O) groups is 1.